The first-order valence-electron chi connectivity index (χ1n) is 8.07. The number of aliphatic hydroxyl groups is 1. The highest BCUT2D eigenvalue weighted by Gasteiger charge is 2.21. The number of methoxy groups -OCH3 is 2. The van der Waals surface area contributed by atoms with Gasteiger partial charge in [-0.05, 0) is 54.6 Å². The molecule has 0 saturated heterocycles. The first-order valence-corrected chi connectivity index (χ1v) is 8.07. The predicted octanol–water partition coefficient (Wildman–Crippen LogP) is 2.94. The zero-order valence-electron chi connectivity index (χ0n) is 14.5. The van der Waals surface area contributed by atoms with Gasteiger partial charge in [0.2, 0.25) is 5.78 Å². The summed E-state index contributed by atoms with van der Waals surface area (Å²) in [6.45, 7) is 0. The molecule has 1 unspecified atom stereocenters. The van der Waals surface area contributed by atoms with Crippen LogP contribution in [0.3, 0.4) is 0 Å². The van der Waals surface area contributed by atoms with Crippen LogP contribution in [0.1, 0.15) is 0 Å². The van der Waals surface area contributed by atoms with Crippen LogP contribution < -0.4 is 20.1 Å². The summed E-state index contributed by atoms with van der Waals surface area (Å²) in [5.41, 5.74) is 2.23. The standard InChI is InChI=1S/C20H20N2O4/c1-25-15-7-3-13(4-8-15)21-17-11-20(24)18(12-19(17)23)22-14-5-9-16(26-2)10-6-14/h3-12,19,21-23H,1-2H3. The predicted molar refractivity (Wildman–Crippen MR) is 100 cm³/mol. The minimum absolute atomic E-state index is 0.220. The van der Waals surface area contributed by atoms with Crippen LogP contribution in [-0.4, -0.2) is 31.2 Å². The van der Waals surface area contributed by atoms with E-state index in [1.165, 1.54) is 12.2 Å². The molecule has 0 fully saturated rings. The van der Waals surface area contributed by atoms with Crippen molar-refractivity contribution in [1.29, 1.82) is 0 Å². The number of ketones is 1. The van der Waals surface area contributed by atoms with E-state index in [0.717, 1.165) is 22.9 Å². The number of ether oxygens (including phenoxy) is 2. The van der Waals surface area contributed by atoms with Gasteiger partial charge < -0.3 is 25.2 Å². The maximum atomic E-state index is 12.4. The van der Waals surface area contributed by atoms with Gasteiger partial charge in [0.05, 0.1) is 25.6 Å². The molecule has 3 rings (SSSR count). The van der Waals surface area contributed by atoms with Gasteiger partial charge in [0.25, 0.3) is 0 Å². The van der Waals surface area contributed by atoms with Crippen LogP contribution in [-0.2, 0) is 4.79 Å². The summed E-state index contributed by atoms with van der Waals surface area (Å²) in [5, 5.41) is 16.4. The molecule has 0 bridgehead atoms. The zero-order valence-corrected chi connectivity index (χ0v) is 14.5. The molecule has 134 valence electrons. The lowest BCUT2D eigenvalue weighted by molar-refractivity contribution is -0.111. The highest BCUT2D eigenvalue weighted by molar-refractivity contribution is 6.08. The van der Waals surface area contributed by atoms with E-state index in [9.17, 15) is 9.90 Å². The van der Waals surface area contributed by atoms with Gasteiger partial charge in [0, 0.05) is 17.5 Å². The molecular weight excluding hydrogens is 332 g/mol. The van der Waals surface area contributed by atoms with Crippen molar-refractivity contribution in [2.45, 2.75) is 6.10 Å². The van der Waals surface area contributed by atoms with Crippen LogP contribution in [0.4, 0.5) is 11.4 Å². The van der Waals surface area contributed by atoms with Gasteiger partial charge >= 0.3 is 0 Å². The third-order valence-corrected chi connectivity index (χ3v) is 3.94. The summed E-state index contributed by atoms with van der Waals surface area (Å²) in [7, 11) is 3.19. The Labute approximate surface area is 151 Å². The molecule has 0 saturated carbocycles. The molecule has 0 spiro atoms. The molecular formula is C20H20N2O4. The third kappa shape index (κ3) is 4.04. The molecule has 0 amide bonds. The van der Waals surface area contributed by atoms with E-state index in [1.807, 2.05) is 12.1 Å². The summed E-state index contributed by atoms with van der Waals surface area (Å²) in [6, 6.07) is 14.4. The van der Waals surface area contributed by atoms with Crippen LogP contribution in [0, 0.1) is 0 Å². The van der Waals surface area contributed by atoms with E-state index >= 15 is 0 Å². The number of allylic oxidation sites excluding steroid dienone is 1. The average Bonchev–Trinajstić information content (AvgIpc) is 2.67. The molecule has 1 aliphatic rings. The Balaban J connectivity index is 1.69. The molecule has 3 N–H and O–H groups in total. The number of rotatable bonds is 6. The fourth-order valence-corrected chi connectivity index (χ4v) is 2.52. The molecule has 26 heavy (non-hydrogen) atoms. The number of anilines is 2. The molecule has 0 heterocycles. The number of carbonyl (C=O) groups is 1. The first-order chi connectivity index (χ1) is 12.6. The third-order valence-electron chi connectivity index (χ3n) is 3.94. The fourth-order valence-electron chi connectivity index (χ4n) is 2.52. The van der Waals surface area contributed by atoms with Gasteiger partial charge in [0.1, 0.15) is 17.6 Å². The van der Waals surface area contributed by atoms with Crippen molar-refractivity contribution >= 4 is 17.2 Å². The number of benzene rings is 2. The van der Waals surface area contributed by atoms with Gasteiger partial charge in [0.15, 0.2) is 0 Å². The Bertz CT molecular complexity index is 839. The Morgan fingerprint density at radius 2 is 1.35 bits per heavy atom. The van der Waals surface area contributed by atoms with E-state index in [2.05, 4.69) is 10.6 Å². The van der Waals surface area contributed by atoms with Crippen molar-refractivity contribution in [2.24, 2.45) is 0 Å². The second kappa shape index (κ2) is 7.76. The number of hydrogen-bond donors (Lipinski definition) is 3. The van der Waals surface area contributed by atoms with Crippen molar-refractivity contribution < 1.29 is 19.4 Å². The number of hydrogen-bond acceptors (Lipinski definition) is 6. The smallest absolute Gasteiger partial charge is 0.203 e. The van der Waals surface area contributed by atoms with Gasteiger partial charge in [-0.15, -0.1) is 0 Å². The van der Waals surface area contributed by atoms with Gasteiger partial charge in [-0.25, -0.2) is 0 Å². The van der Waals surface area contributed by atoms with Gasteiger partial charge in [-0.1, -0.05) is 0 Å². The quantitative estimate of drug-likeness (QED) is 0.742. The van der Waals surface area contributed by atoms with Crippen LogP contribution in [0.5, 0.6) is 11.5 Å². The Morgan fingerprint density at radius 1 is 0.846 bits per heavy atom. The number of carbonyl (C=O) groups excluding carboxylic acids is 1. The Hall–Kier alpha value is -3.25. The summed E-state index contributed by atoms with van der Waals surface area (Å²) in [4.78, 5) is 12.4. The lowest BCUT2D eigenvalue weighted by atomic mass is 10.0. The SMILES string of the molecule is COc1ccc(NC2=CC(O)C(Nc3ccc(OC)cc3)=CC2=O)cc1. The number of nitrogens with one attached hydrogen (secondary N) is 2. The highest BCUT2D eigenvalue weighted by Crippen LogP contribution is 2.23. The molecule has 0 aliphatic heterocycles. The molecule has 6 nitrogen and oxygen atoms in total. The summed E-state index contributed by atoms with van der Waals surface area (Å²) < 4.78 is 10.2. The lowest BCUT2D eigenvalue weighted by Crippen LogP contribution is -2.25. The average molecular weight is 352 g/mol. The molecule has 2 aromatic rings. The molecule has 6 heteroatoms. The van der Waals surface area contributed by atoms with Crippen LogP contribution in [0.25, 0.3) is 0 Å². The molecule has 2 aromatic carbocycles. The zero-order chi connectivity index (χ0) is 18.5. The van der Waals surface area contributed by atoms with Crippen molar-refractivity contribution in [3.8, 4) is 11.5 Å². The Morgan fingerprint density at radius 3 is 1.85 bits per heavy atom. The lowest BCUT2D eigenvalue weighted by Gasteiger charge is -2.21. The van der Waals surface area contributed by atoms with Crippen LogP contribution >= 0.6 is 0 Å². The highest BCUT2D eigenvalue weighted by atomic mass is 16.5. The summed E-state index contributed by atoms with van der Waals surface area (Å²) >= 11 is 0. The molecule has 0 radical (unpaired) electrons. The van der Waals surface area contributed by atoms with E-state index in [4.69, 9.17) is 9.47 Å². The summed E-state index contributed by atoms with van der Waals surface area (Å²) in [5.74, 6) is 1.24. The van der Waals surface area contributed by atoms with Gasteiger partial charge in [-0.3, -0.25) is 4.79 Å². The molecule has 1 aliphatic carbocycles. The van der Waals surface area contributed by atoms with Crippen molar-refractivity contribution in [2.75, 3.05) is 24.9 Å². The molecule has 1 atom stereocenters. The maximum absolute atomic E-state index is 12.4. The number of aliphatic hydroxyl groups excluding tert-OH is 1. The van der Waals surface area contributed by atoms with Gasteiger partial charge in [-0.2, -0.15) is 0 Å². The normalized spacial score (nSPS) is 16.4. The van der Waals surface area contributed by atoms with Crippen molar-refractivity contribution in [3.63, 3.8) is 0 Å². The van der Waals surface area contributed by atoms with E-state index in [0.29, 0.717) is 11.4 Å². The monoisotopic (exact) mass is 352 g/mol. The second-order valence-electron chi connectivity index (χ2n) is 5.70. The maximum Gasteiger partial charge on any atom is 0.203 e. The van der Waals surface area contributed by atoms with Crippen LogP contribution in [0.15, 0.2) is 72.1 Å². The van der Waals surface area contributed by atoms with E-state index < -0.39 is 6.10 Å². The minimum atomic E-state index is -0.921. The Kier molecular flexibility index (Phi) is 5.24. The topological polar surface area (TPSA) is 79.8 Å². The van der Waals surface area contributed by atoms with Crippen molar-refractivity contribution in [3.05, 3.63) is 72.1 Å². The summed E-state index contributed by atoms with van der Waals surface area (Å²) in [6.07, 6.45) is 1.95. The van der Waals surface area contributed by atoms with Crippen molar-refractivity contribution in [1.82, 2.24) is 0 Å². The second-order valence-corrected chi connectivity index (χ2v) is 5.70. The first kappa shape index (κ1) is 17.6. The minimum Gasteiger partial charge on any atom is -0.497 e. The fraction of sp³-hybridized carbons (Fsp3) is 0.150. The largest absolute Gasteiger partial charge is 0.497 e. The van der Waals surface area contributed by atoms with E-state index in [1.54, 1.807) is 50.6 Å². The molecule has 0 aromatic heterocycles. The van der Waals surface area contributed by atoms with Crippen LogP contribution in [0.2, 0.25) is 0 Å². The van der Waals surface area contributed by atoms with E-state index in [-0.39, 0.29) is 5.78 Å².